The Morgan fingerprint density at radius 3 is 3.18 bits per heavy atom. The SMILES string of the molecule is Cc1csc2c1C(N)CCC2. The van der Waals surface area contributed by atoms with Crippen molar-refractivity contribution in [3.05, 3.63) is 21.4 Å². The van der Waals surface area contributed by atoms with Crippen molar-refractivity contribution >= 4 is 11.3 Å². The molecule has 0 spiro atoms. The van der Waals surface area contributed by atoms with Gasteiger partial charge in [0.2, 0.25) is 0 Å². The minimum atomic E-state index is 0.324. The molecule has 1 heterocycles. The van der Waals surface area contributed by atoms with Crippen molar-refractivity contribution in [1.82, 2.24) is 0 Å². The standard InChI is InChI=1S/C9H13NS/c1-6-5-11-8-4-2-3-7(10)9(6)8/h5,7H,2-4,10H2,1H3. The smallest absolute Gasteiger partial charge is 0.0308 e. The average Bonchev–Trinajstić information content (AvgIpc) is 2.34. The number of fused-ring (bicyclic) bond motifs is 1. The Morgan fingerprint density at radius 2 is 2.45 bits per heavy atom. The van der Waals surface area contributed by atoms with Gasteiger partial charge in [-0.05, 0) is 42.7 Å². The average molecular weight is 167 g/mol. The first kappa shape index (κ1) is 7.32. The van der Waals surface area contributed by atoms with Gasteiger partial charge in [0.05, 0.1) is 0 Å². The zero-order valence-electron chi connectivity index (χ0n) is 6.76. The summed E-state index contributed by atoms with van der Waals surface area (Å²) in [6.07, 6.45) is 3.69. The first-order valence-electron chi connectivity index (χ1n) is 4.11. The summed E-state index contributed by atoms with van der Waals surface area (Å²) in [6.45, 7) is 2.17. The van der Waals surface area contributed by atoms with Crippen molar-refractivity contribution in [3.63, 3.8) is 0 Å². The number of nitrogens with two attached hydrogens (primary N) is 1. The summed E-state index contributed by atoms with van der Waals surface area (Å²) in [5.41, 5.74) is 8.84. The molecule has 2 N–H and O–H groups in total. The highest BCUT2D eigenvalue weighted by Crippen LogP contribution is 2.34. The Labute approximate surface area is 71.2 Å². The van der Waals surface area contributed by atoms with E-state index in [9.17, 15) is 0 Å². The maximum absolute atomic E-state index is 6.00. The van der Waals surface area contributed by atoms with E-state index < -0.39 is 0 Å². The Hall–Kier alpha value is -0.340. The summed E-state index contributed by atoms with van der Waals surface area (Å²) >= 11 is 1.88. The lowest BCUT2D eigenvalue weighted by Gasteiger charge is -2.19. The van der Waals surface area contributed by atoms with Crippen molar-refractivity contribution in [2.24, 2.45) is 5.73 Å². The Bertz CT molecular complexity index is 265. The van der Waals surface area contributed by atoms with E-state index in [2.05, 4.69) is 12.3 Å². The Kier molecular flexibility index (Phi) is 1.74. The molecule has 0 saturated carbocycles. The minimum Gasteiger partial charge on any atom is -0.324 e. The molecule has 0 aliphatic heterocycles. The highest BCUT2D eigenvalue weighted by Gasteiger charge is 2.19. The third-order valence-electron chi connectivity index (χ3n) is 2.39. The van der Waals surface area contributed by atoms with Crippen LogP contribution in [0.2, 0.25) is 0 Å². The topological polar surface area (TPSA) is 26.0 Å². The van der Waals surface area contributed by atoms with E-state index in [0.29, 0.717) is 6.04 Å². The fraction of sp³-hybridized carbons (Fsp3) is 0.556. The second-order valence-corrected chi connectivity index (χ2v) is 4.22. The first-order valence-corrected chi connectivity index (χ1v) is 4.99. The highest BCUT2D eigenvalue weighted by molar-refractivity contribution is 7.10. The molecule has 0 saturated heterocycles. The van der Waals surface area contributed by atoms with Gasteiger partial charge in [0, 0.05) is 10.9 Å². The molecule has 1 unspecified atom stereocenters. The van der Waals surface area contributed by atoms with Crippen LogP contribution in [0.5, 0.6) is 0 Å². The van der Waals surface area contributed by atoms with Crippen molar-refractivity contribution < 1.29 is 0 Å². The summed E-state index contributed by atoms with van der Waals surface area (Å²) in [7, 11) is 0. The zero-order chi connectivity index (χ0) is 7.84. The molecule has 0 bridgehead atoms. The predicted molar refractivity (Wildman–Crippen MR) is 48.9 cm³/mol. The van der Waals surface area contributed by atoms with Gasteiger partial charge in [-0.3, -0.25) is 0 Å². The van der Waals surface area contributed by atoms with Crippen molar-refractivity contribution in [3.8, 4) is 0 Å². The fourth-order valence-electron chi connectivity index (χ4n) is 1.83. The van der Waals surface area contributed by atoms with Crippen molar-refractivity contribution in [2.75, 3.05) is 0 Å². The largest absolute Gasteiger partial charge is 0.324 e. The maximum Gasteiger partial charge on any atom is 0.0308 e. The van der Waals surface area contributed by atoms with Gasteiger partial charge in [0.1, 0.15) is 0 Å². The van der Waals surface area contributed by atoms with E-state index in [0.717, 1.165) is 0 Å². The van der Waals surface area contributed by atoms with Crippen LogP contribution in [0.1, 0.15) is 34.9 Å². The third kappa shape index (κ3) is 1.10. The molecular weight excluding hydrogens is 154 g/mol. The number of hydrogen-bond donors (Lipinski definition) is 1. The lowest BCUT2D eigenvalue weighted by atomic mass is 9.92. The van der Waals surface area contributed by atoms with Gasteiger partial charge >= 0.3 is 0 Å². The third-order valence-corrected chi connectivity index (χ3v) is 3.57. The molecule has 0 aromatic carbocycles. The summed E-state index contributed by atoms with van der Waals surface area (Å²) in [6, 6.07) is 0.324. The maximum atomic E-state index is 6.00. The molecule has 11 heavy (non-hydrogen) atoms. The number of thiophene rings is 1. The van der Waals surface area contributed by atoms with Gasteiger partial charge in [-0.25, -0.2) is 0 Å². The number of hydrogen-bond acceptors (Lipinski definition) is 2. The summed E-state index contributed by atoms with van der Waals surface area (Å²) < 4.78 is 0. The molecule has 60 valence electrons. The van der Waals surface area contributed by atoms with E-state index >= 15 is 0 Å². The van der Waals surface area contributed by atoms with Gasteiger partial charge in [-0.2, -0.15) is 0 Å². The molecule has 0 radical (unpaired) electrons. The molecule has 1 aliphatic rings. The highest BCUT2D eigenvalue weighted by atomic mass is 32.1. The van der Waals surface area contributed by atoms with Crippen LogP contribution in [0.4, 0.5) is 0 Å². The molecule has 1 aromatic rings. The number of aryl methyl sites for hydroxylation is 2. The van der Waals surface area contributed by atoms with Crippen LogP contribution < -0.4 is 5.73 Å². The van der Waals surface area contributed by atoms with Crippen LogP contribution in [0.25, 0.3) is 0 Å². The zero-order valence-corrected chi connectivity index (χ0v) is 7.58. The lowest BCUT2D eigenvalue weighted by molar-refractivity contribution is 0.575. The Morgan fingerprint density at radius 1 is 1.64 bits per heavy atom. The molecule has 1 aliphatic carbocycles. The monoisotopic (exact) mass is 167 g/mol. The van der Waals surface area contributed by atoms with Crippen molar-refractivity contribution in [1.29, 1.82) is 0 Å². The van der Waals surface area contributed by atoms with Gasteiger partial charge in [-0.1, -0.05) is 0 Å². The van der Waals surface area contributed by atoms with Crippen LogP contribution in [0.15, 0.2) is 5.38 Å². The molecular formula is C9H13NS. The van der Waals surface area contributed by atoms with E-state index in [1.54, 1.807) is 0 Å². The van der Waals surface area contributed by atoms with E-state index in [-0.39, 0.29) is 0 Å². The van der Waals surface area contributed by atoms with Crippen LogP contribution >= 0.6 is 11.3 Å². The minimum absolute atomic E-state index is 0.324. The lowest BCUT2D eigenvalue weighted by Crippen LogP contribution is -2.16. The molecule has 2 rings (SSSR count). The first-order chi connectivity index (χ1) is 5.29. The molecule has 2 heteroatoms. The van der Waals surface area contributed by atoms with Crippen LogP contribution in [-0.4, -0.2) is 0 Å². The van der Waals surface area contributed by atoms with Crippen LogP contribution in [0.3, 0.4) is 0 Å². The van der Waals surface area contributed by atoms with Crippen LogP contribution in [-0.2, 0) is 6.42 Å². The Balaban J connectivity index is 2.48. The van der Waals surface area contributed by atoms with Crippen LogP contribution in [0, 0.1) is 6.92 Å². The van der Waals surface area contributed by atoms with Gasteiger partial charge in [-0.15, -0.1) is 11.3 Å². The summed E-state index contributed by atoms with van der Waals surface area (Å²) in [4.78, 5) is 1.53. The second kappa shape index (κ2) is 2.61. The number of rotatable bonds is 0. The summed E-state index contributed by atoms with van der Waals surface area (Å²) in [5, 5.41) is 2.23. The van der Waals surface area contributed by atoms with Gasteiger partial charge < -0.3 is 5.73 Å². The van der Waals surface area contributed by atoms with Crippen molar-refractivity contribution in [2.45, 2.75) is 32.2 Å². The van der Waals surface area contributed by atoms with E-state index in [1.807, 2.05) is 11.3 Å². The van der Waals surface area contributed by atoms with Gasteiger partial charge in [0.15, 0.2) is 0 Å². The van der Waals surface area contributed by atoms with Gasteiger partial charge in [0.25, 0.3) is 0 Å². The normalized spacial score (nSPS) is 23.3. The van der Waals surface area contributed by atoms with E-state index in [1.165, 1.54) is 35.3 Å². The molecule has 0 fully saturated rings. The second-order valence-electron chi connectivity index (χ2n) is 3.25. The summed E-state index contributed by atoms with van der Waals surface area (Å²) in [5.74, 6) is 0. The van der Waals surface area contributed by atoms with E-state index in [4.69, 9.17) is 5.73 Å². The quantitative estimate of drug-likeness (QED) is 0.631. The molecule has 1 atom stereocenters. The molecule has 1 nitrogen and oxygen atoms in total. The molecule has 0 amide bonds. The molecule has 1 aromatic heterocycles. The predicted octanol–water partition coefficient (Wildman–Crippen LogP) is 2.39. The fourth-order valence-corrected chi connectivity index (χ4v) is 2.97.